The van der Waals surface area contributed by atoms with Gasteiger partial charge in [-0.2, -0.15) is 0 Å². The lowest BCUT2D eigenvalue weighted by atomic mass is 10.2. The summed E-state index contributed by atoms with van der Waals surface area (Å²) in [7, 11) is -3.60. The Labute approximate surface area is 135 Å². The van der Waals surface area contributed by atoms with E-state index in [4.69, 9.17) is 0 Å². The Morgan fingerprint density at radius 1 is 1.14 bits per heavy atom. The number of halogens is 1. The van der Waals surface area contributed by atoms with Gasteiger partial charge < -0.3 is 0 Å². The molecule has 7 heteroatoms. The van der Waals surface area contributed by atoms with Crippen molar-refractivity contribution >= 4 is 52.6 Å². The third-order valence-corrected chi connectivity index (χ3v) is 5.81. The number of rotatable bonds is 3. The first kappa shape index (κ1) is 14.5. The molecule has 1 aromatic heterocycles. The van der Waals surface area contributed by atoms with Crippen LogP contribution in [0.15, 0.2) is 51.8 Å². The van der Waals surface area contributed by atoms with Gasteiger partial charge in [-0.3, -0.25) is 4.72 Å². The second-order valence-corrected chi connectivity index (χ2v) is 8.18. The van der Waals surface area contributed by atoms with Gasteiger partial charge in [-0.25, -0.2) is 13.4 Å². The van der Waals surface area contributed by atoms with Gasteiger partial charge in [-0.1, -0.05) is 45.0 Å². The maximum Gasteiger partial charge on any atom is 0.263 e. The number of aromatic nitrogens is 1. The topological polar surface area (TPSA) is 59.1 Å². The normalized spacial score (nSPS) is 11.7. The fraction of sp³-hybridized carbons (Fsp3) is 0.0714. The molecule has 3 rings (SSSR count). The van der Waals surface area contributed by atoms with Crippen LogP contribution in [0.1, 0.15) is 5.56 Å². The summed E-state index contributed by atoms with van der Waals surface area (Å²) in [6.45, 7) is 1.91. The average Bonchev–Trinajstić information content (AvgIpc) is 2.79. The number of aryl methyl sites for hydroxylation is 1. The van der Waals surface area contributed by atoms with Crippen molar-refractivity contribution in [2.24, 2.45) is 0 Å². The van der Waals surface area contributed by atoms with Crippen molar-refractivity contribution in [1.29, 1.82) is 0 Å². The number of fused-ring (bicyclic) bond motifs is 1. The molecule has 108 valence electrons. The number of nitrogens with zero attached hydrogens (tertiary/aromatic N) is 1. The molecule has 1 N–H and O–H groups in total. The van der Waals surface area contributed by atoms with Crippen LogP contribution in [0.25, 0.3) is 10.2 Å². The van der Waals surface area contributed by atoms with E-state index in [-0.39, 0.29) is 4.90 Å². The first-order valence-corrected chi connectivity index (χ1v) is 9.19. The first-order chi connectivity index (χ1) is 9.94. The van der Waals surface area contributed by atoms with Crippen LogP contribution in [0.5, 0.6) is 0 Å². The molecule has 0 spiro atoms. The second-order valence-electron chi connectivity index (χ2n) is 4.55. The van der Waals surface area contributed by atoms with Gasteiger partial charge in [0.25, 0.3) is 10.0 Å². The lowest BCUT2D eigenvalue weighted by Crippen LogP contribution is -2.12. The zero-order valence-corrected chi connectivity index (χ0v) is 14.2. The molecule has 0 saturated carbocycles. The lowest BCUT2D eigenvalue weighted by molar-refractivity contribution is 0.601. The molecule has 0 unspecified atom stereocenters. The molecule has 0 aliphatic heterocycles. The van der Waals surface area contributed by atoms with E-state index in [9.17, 15) is 8.42 Å². The maximum absolute atomic E-state index is 12.3. The molecule has 0 radical (unpaired) electrons. The van der Waals surface area contributed by atoms with Crippen molar-refractivity contribution in [3.05, 3.63) is 52.5 Å². The van der Waals surface area contributed by atoms with Gasteiger partial charge in [0.15, 0.2) is 5.13 Å². The molecule has 0 aliphatic carbocycles. The molecule has 0 amide bonds. The zero-order valence-electron chi connectivity index (χ0n) is 11.0. The Hall–Kier alpha value is -1.44. The number of thiazole rings is 1. The Balaban J connectivity index is 1.95. The predicted molar refractivity (Wildman–Crippen MR) is 89.3 cm³/mol. The Kier molecular flexibility index (Phi) is 3.73. The number of hydrogen-bond donors (Lipinski definition) is 1. The minimum absolute atomic E-state index is 0.230. The highest BCUT2D eigenvalue weighted by molar-refractivity contribution is 9.10. The van der Waals surface area contributed by atoms with Crippen LogP contribution in [0.2, 0.25) is 0 Å². The number of sulfonamides is 1. The third kappa shape index (κ3) is 3.09. The predicted octanol–water partition coefficient (Wildman–Crippen LogP) is 4.17. The van der Waals surface area contributed by atoms with Crippen molar-refractivity contribution < 1.29 is 8.42 Å². The lowest BCUT2D eigenvalue weighted by Gasteiger charge is -2.04. The van der Waals surface area contributed by atoms with Crippen LogP contribution in [0, 0.1) is 6.92 Å². The fourth-order valence-electron chi connectivity index (χ4n) is 1.83. The van der Waals surface area contributed by atoms with Gasteiger partial charge in [-0.05, 0) is 37.3 Å². The van der Waals surface area contributed by atoms with E-state index < -0.39 is 10.0 Å². The second kappa shape index (κ2) is 5.40. The van der Waals surface area contributed by atoms with Gasteiger partial charge in [0.05, 0.1) is 15.1 Å². The fourth-order valence-corrected chi connectivity index (χ4v) is 4.49. The standard InChI is InChI=1S/C14H11BrN2O2S2/c1-9-2-5-11(6-3-9)21(18,19)17-14-16-12-7-4-10(15)8-13(12)20-14/h2-8H,1H3,(H,16,17). The highest BCUT2D eigenvalue weighted by Crippen LogP contribution is 2.29. The SMILES string of the molecule is Cc1ccc(S(=O)(=O)Nc2nc3ccc(Br)cc3s2)cc1. The van der Waals surface area contributed by atoms with Crippen molar-refractivity contribution in [2.45, 2.75) is 11.8 Å². The minimum Gasteiger partial charge on any atom is -0.255 e. The number of nitrogens with one attached hydrogen (secondary N) is 1. The Morgan fingerprint density at radius 3 is 2.57 bits per heavy atom. The largest absolute Gasteiger partial charge is 0.263 e. The molecule has 2 aromatic carbocycles. The van der Waals surface area contributed by atoms with E-state index in [1.54, 1.807) is 24.3 Å². The van der Waals surface area contributed by atoms with Gasteiger partial charge in [0.2, 0.25) is 0 Å². The van der Waals surface area contributed by atoms with Crippen LogP contribution in [0.3, 0.4) is 0 Å². The van der Waals surface area contributed by atoms with Crippen molar-refractivity contribution in [3.8, 4) is 0 Å². The summed E-state index contributed by atoms with van der Waals surface area (Å²) in [4.78, 5) is 4.52. The van der Waals surface area contributed by atoms with Gasteiger partial charge in [0, 0.05) is 4.47 Å². The molecule has 0 atom stereocenters. The minimum atomic E-state index is -3.60. The quantitative estimate of drug-likeness (QED) is 0.739. The van der Waals surface area contributed by atoms with Crippen molar-refractivity contribution in [1.82, 2.24) is 4.98 Å². The molecule has 4 nitrogen and oxygen atoms in total. The van der Waals surface area contributed by atoms with Crippen LogP contribution in [-0.2, 0) is 10.0 Å². The molecular formula is C14H11BrN2O2S2. The molecule has 0 saturated heterocycles. The van der Waals surface area contributed by atoms with Gasteiger partial charge in [0.1, 0.15) is 0 Å². The number of hydrogen-bond acceptors (Lipinski definition) is 4. The van der Waals surface area contributed by atoms with Crippen molar-refractivity contribution in [3.63, 3.8) is 0 Å². The summed E-state index contributed by atoms with van der Waals surface area (Å²) in [5.41, 5.74) is 1.78. The summed E-state index contributed by atoms with van der Waals surface area (Å²) in [5.74, 6) is 0. The monoisotopic (exact) mass is 382 g/mol. The van der Waals surface area contributed by atoms with Crippen LogP contribution < -0.4 is 4.72 Å². The summed E-state index contributed by atoms with van der Waals surface area (Å²) in [5, 5.41) is 0.365. The molecule has 3 aromatic rings. The molecule has 0 aliphatic rings. The van der Waals surface area contributed by atoms with E-state index in [0.29, 0.717) is 5.13 Å². The Bertz CT molecular complexity index is 902. The molecule has 0 bridgehead atoms. The smallest absolute Gasteiger partial charge is 0.255 e. The molecule has 0 fully saturated rings. The van der Waals surface area contributed by atoms with E-state index in [1.807, 2.05) is 25.1 Å². The van der Waals surface area contributed by atoms with E-state index in [2.05, 4.69) is 25.6 Å². The van der Waals surface area contributed by atoms with Crippen LogP contribution >= 0.6 is 27.3 Å². The number of anilines is 1. The zero-order chi connectivity index (χ0) is 15.0. The van der Waals surface area contributed by atoms with Gasteiger partial charge >= 0.3 is 0 Å². The van der Waals surface area contributed by atoms with Crippen LogP contribution in [0.4, 0.5) is 5.13 Å². The molecule has 1 heterocycles. The van der Waals surface area contributed by atoms with Crippen molar-refractivity contribution in [2.75, 3.05) is 4.72 Å². The average molecular weight is 383 g/mol. The highest BCUT2D eigenvalue weighted by atomic mass is 79.9. The van der Waals surface area contributed by atoms with E-state index in [0.717, 1.165) is 20.3 Å². The summed E-state index contributed by atoms with van der Waals surface area (Å²) in [6, 6.07) is 12.3. The number of benzene rings is 2. The first-order valence-electron chi connectivity index (χ1n) is 6.10. The van der Waals surface area contributed by atoms with Gasteiger partial charge in [-0.15, -0.1) is 0 Å². The highest BCUT2D eigenvalue weighted by Gasteiger charge is 2.16. The van der Waals surface area contributed by atoms with E-state index >= 15 is 0 Å². The molecule has 21 heavy (non-hydrogen) atoms. The summed E-state index contributed by atoms with van der Waals surface area (Å²) >= 11 is 4.69. The van der Waals surface area contributed by atoms with E-state index in [1.165, 1.54) is 11.3 Å². The maximum atomic E-state index is 12.3. The van der Waals surface area contributed by atoms with Crippen LogP contribution in [-0.4, -0.2) is 13.4 Å². The molecular weight excluding hydrogens is 372 g/mol. The third-order valence-electron chi connectivity index (χ3n) is 2.90. The summed E-state index contributed by atoms with van der Waals surface area (Å²) in [6.07, 6.45) is 0. The summed E-state index contributed by atoms with van der Waals surface area (Å²) < 4.78 is 29.0. The Morgan fingerprint density at radius 2 is 1.86 bits per heavy atom.